The second-order valence-electron chi connectivity index (χ2n) is 8.69. The summed E-state index contributed by atoms with van der Waals surface area (Å²) in [5, 5.41) is 24.9. The standard InChI is InChI=1S/C30H23N3O2S/c31-17-24(29(34)33-30-27(18-32)26-7-3-4-8-28(26)36-30)15-20-10-13-25(14-11-20)35-19-21-9-12-22-5-1-2-6-23(22)16-21/h1-2,5-6,9-16H,3-4,7-8,19H2,(H,33,34). The summed E-state index contributed by atoms with van der Waals surface area (Å²) in [7, 11) is 0. The highest BCUT2D eigenvalue weighted by Gasteiger charge is 2.22. The maximum absolute atomic E-state index is 12.8. The Morgan fingerprint density at radius 2 is 1.78 bits per heavy atom. The minimum Gasteiger partial charge on any atom is -0.489 e. The van der Waals surface area contributed by atoms with Crippen LogP contribution in [0.1, 0.15) is 40.0 Å². The van der Waals surface area contributed by atoms with Gasteiger partial charge in [0.05, 0.1) is 5.56 Å². The van der Waals surface area contributed by atoms with Gasteiger partial charge in [0.25, 0.3) is 5.91 Å². The second kappa shape index (κ2) is 10.5. The molecule has 3 aromatic carbocycles. The number of nitriles is 2. The topological polar surface area (TPSA) is 85.9 Å². The van der Waals surface area contributed by atoms with Crippen molar-refractivity contribution in [1.82, 2.24) is 0 Å². The summed E-state index contributed by atoms with van der Waals surface area (Å²) in [6, 6.07) is 25.9. The zero-order valence-electron chi connectivity index (χ0n) is 19.6. The number of carbonyl (C=O) groups excluding carboxylic acids is 1. The lowest BCUT2D eigenvalue weighted by Crippen LogP contribution is -2.13. The van der Waals surface area contributed by atoms with Crippen molar-refractivity contribution in [3.63, 3.8) is 0 Å². The van der Waals surface area contributed by atoms with E-state index in [2.05, 4.69) is 41.7 Å². The molecule has 0 spiro atoms. The number of ether oxygens (including phenoxy) is 1. The van der Waals surface area contributed by atoms with Crippen LogP contribution in [0.4, 0.5) is 5.00 Å². The van der Waals surface area contributed by atoms with Crippen molar-refractivity contribution in [1.29, 1.82) is 10.5 Å². The largest absolute Gasteiger partial charge is 0.489 e. The van der Waals surface area contributed by atoms with Crippen molar-refractivity contribution in [3.05, 3.63) is 99.4 Å². The van der Waals surface area contributed by atoms with Crippen LogP contribution in [0.3, 0.4) is 0 Å². The lowest BCUT2D eigenvalue weighted by Gasteiger charge is -2.09. The average molecular weight is 490 g/mol. The number of benzene rings is 3. The van der Waals surface area contributed by atoms with E-state index in [-0.39, 0.29) is 5.57 Å². The van der Waals surface area contributed by atoms with Gasteiger partial charge in [0, 0.05) is 4.88 Å². The Morgan fingerprint density at radius 3 is 2.56 bits per heavy atom. The molecule has 0 bridgehead atoms. The number of thiophene rings is 1. The molecule has 0 unspecified atom stereocenters. The number of carbonyl (C=O) groups is 1. The number of amides is 1. The summed E-state index contributed by atoms with van der Waals surface area (Å²) in [4.78, 5) is 14.0. The number of aryl methyl sites for hydroxylation is 1. The number of hydrogen-bond donors (Lipinski definition) is 1. The van der Waals surface area contributed by atoms with Crippen molar-refractivity contribution in [2.24, 2.45) is 0 Å². The van der Waals surface area contributed by atoms with Gasteiger partial charge in [0.15, 0.2) is 0 Å². The lowest BCUT2D eigenvalue weighted by atomic mass is 9.96. The van der Waals surface area contributed by atoms with E-state index < -0.39 is 5.91 Å². The highest BCUT2D eigenvalue weighted by Crippen LogP contribution is 2.37. The molecular formula is C30H23N3O2S. The van der Waals surface area contributed by atoms with E-state index in [1.165, 1.54) is 22.1 Å². The Balaban J connectivity index is 1.25. The van der Waals surface area contributed by atoms with E-state index in [0.29, 0.717) is 28.5 Å². The Bertz CT molecular complexity index is 1550. The Hall–Kier alpha value is -4.39. The summed E-state index contributed by atoms with van der Waals surface area (Å²) < 4.78 is 5.92. The van der Waals surface area contributed by atoms with Crippen LogP contribution in [-0.4, -0.2) is 5.91 Å². The first-order valence-electron chi connectivity index (χ1n) is 11.8. The first-order valence-corrected chi connectivity index (χ1v) is 12.6. The predicted octanol–water partition coefficient (Wildman–Crippen LogP) is 6.78. The normalized spacial score (nSPS) is 12.9. The van der Waals surface area contributed by atoms with Gasteiger partial charge >= 0.3 is 0 Å². The number of rotatable bonds is 6. The number of fused-ring (bicyclic) bond motifs is 2. The summed E-state index contributed by atoms with van der Waals surface area (Å²) in [6.07, 6.45) is 5.48. The van der Waals surface area contributed by atoms with Gasteiger partial charge < -0.3 is 10.1 Å². The number of nitrogens with one attached hydrogen (secondary N) is 1. The van der Waals surface area contributed by atoms with Crippen LogP contribution in [0.2, 0.25) is 0 Å². The van der Waals surface area contributed by atoms with E-state index in [0.717, 1.165) is 41.7 Å². The third kappa shape index (κ3) is 5.00. The van der Waals surface area contributed by atoms with Gasteiger partial charge in [-0.05, 0) is 77.4 Å². The molecule has 0 aliphatic heterocycles. The highest BCUT2D eigenvalue weighted by molar-refractivity contribution is 7.16. The van der Waals surface area contributed by atoms with Gasteiger partial charge in [-0.2, -0.15) is 10.5 Å². The summed E-state index contributed by atoms with van der Waals surface area (Å²) in [5.74, 6) is 0.190. The molecule has 1 heterocycles. The van der Waals surface area contributed by atoms with Crippen molar-refractivity contribution in [2.75, 3.05) is 5.32 Å². The van der Waals surface area contributed by atoms with Crippen LogP contribution in [0, 0.1) is 22.7 Å². The molecule has 1 aliphatic carbocycles. The molecule has 0 radical (unpaired) electrons. The smallest absolute Gasteiger partial charge is 0.266 e. The average Bonchev–Trinajstić information content (AvgIpc) is 3.27. The molecule has 6 heteroatoms. The lowest BCUT2D eigenvalue weighted by molar-refractivity contribution is -0.112. The van der Waals surface area contributed by atoms with Crippen LogP contribution in [0.5, 0.6) is 5.75 Å². The maximum Gasteiger partial charge on any atom is 0.266 e. The van der Waals surface area contributed by atoms with E-state index in [4.69, 9.17) is 4.74 Å². The fourth-order valence-corrected chi connectivity index (χ4v) is 5.65. The van der Waals surface area contributed by atoms with Gasteiger partial charge in [0.2, 0.25) is 0 Å². The van der Waals surface area contributed by atoms with E-state index in [9.17, 15) is 15.3 Å². The zero-order valence-corrected chi connectivity index (χ0v) is 20.4. The quantitative estimate of drug-likeness (QED) is 0.239. The van der Waals surface area contributed by atoms with Crippen LogP contribution in [0.25, 0.3) is 16.8 Å². The third-order valence-corrected chi connectivity index (χ3v) is 7.49. The monoisotopic (exact) mass is 489 g/mol. The number of anilines is 1. The molecule has 5 rings (SSSR count). The molecule has 1 aliphatic rings. The molecule has 0 saturated heterocycles. The first kappa shape index (κ1) is 23.4. The Labute approximate surface area is 213 Å². The third-order valence-electron chi connectivity index (χ3n) is 6.29. The van der Waals surface area contributed by atoms with Gasteiger partial charge in [0.1, 0.15) is 35.1 Å². The van der Waals surface area contributed by atoms with E-state index in [1.54, 1.807) is 6.08 Å². The SMILES string of the molecule is N#CC(=Cc1ccc(OCc2ccc3ccccc3c2)cc1)C(=O)Nc1sc2c(c1C#N)CCCC2. The molecule has 1 aromatic heterocycles. The molecule has 36 heavy (non-hydrogen) atoms. The summed E-state index contributed by atoms with van der Waals surface area (Å²) in [6.45, 7) is 0.442. The van der Waals surface area contributed by atoms with Crippen LogP contribution in [-0.2, 0) is 24.2 Å². The fraction of sp³-hybridized carbons (Fsp3) is 0.167. The van der Waals surface area contributed by atoms with E-state index >= 15 is 0 Å². The van der Waals surface area contributed by atoms with Crippen LogP contribution >= 0.6 is 11.3 Å². The highest BCUT2D eigenvalue weighted by atomic mass is 32.1. The van der Waals surface area contributed by atoms with Gasteiger partial charge in [-0.1, -0.05) is 48.5 Å². The van der Waals surface area contributed by atoms with Crippen molar-refractivity contribution < 1.29 is 9.53 Å². The van der Waals surface area contributed by atoms with Gasteiger partial charge in [-0.3, -0.25) is 4.79 Å². The second-order valence-corrected chi connectivity index (χ2v) is 9.80. The maximum atomic E-state index is 12.8. The molecule has 0 saturated carbocycles. The summed E-state index contributed by atoms with van der Waals surface area (Å²) >= 11 is 1.45. The fourth-order valence-electron chi connectivity index (χ4n) is 4.41. The number of hydrogen-bond acceptors (Lipinski definition) is 5. The Kier molecular flexibility index (Phi) is 6.80. The minimum atomic E-state index is -0.510. The van der Waals surface area contributed by atoms with Gasteiger partial charge in [-0.25, -0.2) is 0 Å². The van der Waals surface area contributed by atoms with Crippen molar-refractivity contribution in [2.45, 2.75) is 32.3 Å². The predicted molar refractivity (Wildman–Crippen MR) is 143 cm³/mol. The molecule has 5 nitrogen and oxygen atoms in total. The van der Waals surface area contributed by atoms with Crippen molar-refractivity contribution in [3.8, 4) is 17.9 Å². The molecule has 1 amide bonds. The number of nitrogens with zero attached hydrogens (tertiary/aromatic N) is 2. The molecular weight excluding hydrogens is 466 g/mol. The molecule has 0 atom stereocenters. The van der Waals surface area contributed by atoms with Gasteiger partial charge in [-0.15, -0.1) is 11.3 Å². The first-order chi connectivity index (χ1) is 17.6. The Morgan fingerprint density at radius 1 is 1.00 bits per heavy atom. The van der Waals surface area contributed by atoms with Crippen molar-refractivity contribution >= 4 is 39.1 Å². The molecule has 176 valence electrons. The molecule has 1 N–H and O–H groups in total. The minimum absolute atomic E-state index is 0.0184. The van der Waals surface area contributed by atoms with Crippen LogP contribution < -0.4 is 10.1 Å². The summed E-state index contributed by atoms with van der Waals surface area (Å²) in [5.41, 5.74) is 3.35. The molecule has 0 fully saturated rings. The molecule has 4 aromatic rings. The zero-order chi connectivity index (χ0) is 24.9. The van der Waals surface area contributed by atoms with E-state index in [1.807, 2.05) is 42.5 Å². The van der Waals surface area contributed by atoms with Crippen LogP contribution in [0.15, 0.2) is 72.3 Å².